The lowest BCUT2D eigenvalue weighted by Crippen LogP contribution is -2.36. The van der Waals surface area contributed by atoms with Gasteiger partial charge >= 0.3 is 6.09 Å². The van der Waals surface area contributed by atoms with Crippen molar-refractivity contribution in [3.63, 3.8) is 0 Å². The zero-order valence-corrected chi connectivity index (χ0v) is 13.3. The number of carbonyl (C=O) groups is 1. The molecule has 1 aromatic rings. The molecule has 22 heavy (non-hydrogen) atoms. The summed E-state index contributed by atoms with van der Waals surface area (Å²) in [5, 5.41) is 0. The van der Waals surface area contributed by atoms with E-state index in [2.05, 4.69) is 9.88 Å². The zero-order chi connectivity index (χ0) is 15.5. The Morgan fingerprint density at radius 3 is 2.55 bits per heavy atom. The normalized spacial score (nSPS) is 15.8. The van der Waals surface area contributed by atoms with Gasteiger partial charge in [0.05, 0.1) is 19.8 Å². The summed E-state index contributed by atoms with van der Waals surface area (Å²) in [6, 6.07) is 0. The molecule has 0 spiro atoms. The molecule has 1 aromatic heterocycles. The predicted octanol–water partition coefficient (Wildman–Crippen LogP) is 2.54. The molecule has 0 aromatic carbocycles. The zero-order valence-electron chi connectivity index (χ0n) is 13.3. The number of aromatic nitrogens is 2. The van der Waals surface area contributed by atoms with E-state index in [1.165, 1.54) is 43.1 Å². The standard InChI is InChI=1S/C16H27N3O3/c20-16(19-9-7-17-15-19)22-12-6-4-2-1-3-5-8-18-10-13-21-14-11-18/h7,9,15H,1-6,8,10-14H2. The van der Waals surface area contributed by atoms with E-state index in [0.717, 1.165) is 39.1 Å². The molecule has 6 heteroatoms. The number of hydrogen-bond donors (Lipinski definition) is 0. The fraction of sp³-hybridized carbons (Fsp3) is 0.750. The molecule has 6 nitrogen and oxygen atoms in total. The summed E-state index contributed by atoms with van der Waals surface area (Å²) in [4.78, 5) is 17.8. The highest BCUT2D eigenvalue weighted by Crippen LogP contribution is 2.07. The van der Waals surface area contributed by atoms with Crippen LogP contribution >= 0.6 is 0 Å². The topological polar surface area (TPSA) is 56.6 Å². The highest BCUT2D eigenvalue weighted by molar-refractivity contribution is 5.69. The lowest BCUT2D eigenvalue weighted by molar-refractivity contribution is 0.0371. The number of imidazole rings is 1. The average molecular weight is 309 g/mol. The Kier molecular flexibility index (Phi) is 7.98. The van der Waals surface area contributed by atoms with Crippen LogP contribution in [0.25, 0.3) is 0 Å². The van der Waals surface area contributed by atoms with Gasteiger partial charge in [0.2, 0.25) is 0 Å². The van der Waals surface area contributed by atoms with Crippen LogP contribution in [0.2, 0.25) is 0 Å². The van der Waals surface area contributed by atoms with Crippen molar-refractivity contribution in [2.45, 2.75) is 38.5 Å². The van der Waals surface area contributed by atoms with Crippen LogP contribution in [0.1, 0.15) is 38.5 Å². The van der Waals surface area contributed by atoms with Crippen LogP contribution in [0.4, 0.5) is 4.79 Å². The summed E-state index contributed by atoms with van der Waals surface area (Å²) < 4.78 is 11.9. The molecule has 0 bridgehead atoms. The van der Waals surface area contributed by atoms with Gasteiger partial charge in [0.15, 0.2) is 0 Å². The number of hydrogen-bond acceptors (Lipinski definition) is 5. The monoisotopic (exact) mass is 309 g/mol. The molecule has 0 atom stereocenters. The third-order valence-electron chi connectivity index (χ3n) is 3.91. The van der Waals surface area contributed by atoms with Gasteiger partial charge in [-0.1, -0.05) is 25.7 Å². The van der Waals surface area contributed by atoms with Gasteiger partial charge in [-0.2, -0.15) is 0 Å². The van der Waals surface area contributed by atoms with Crippen molar-refractivity contribution in [3.05, 3.63) is 18.7 Å². The molecule has 1 saturated heterocycles. The first-order valence-corrected chi connectivity index (χ1v) is 8.31. The second-order valence-corrected chi connectivity index (χ2v) is 5.66. The van der Waals surface area contributed by atoms with Crippen molar-refractivity contribution in [3.8, 4) is 0 Å². The highest BCUT2D eigenvalue weighted by atomic mass is 16.5. The van der Waals surface area contributed by atoms with Crippen LogP contribution in [0.15, 0.2) is 18.7 Å². The van der Waals surface area contributed by atoms with Crippen LogP contribution in [-0.4, -0.2) is 60.0 Å². The van der Waals surface area contributed by atoms with Gasteiger partial charge in [0.25, 0.3) is 0 Å². The van der Waals surface area contributed by atoms with Crippen molar-refractivity contribution in [1.29, 1.82) is 0 Å². The summed E-state index contributed by atoms with van der Waals surface area (Å²) in [7, 11) is 0. The van der Waals surface area contributed by atoms with Crippen molar-refractivity contribution >= 4 is 6.09 Å². The quantitative estimate of drug-likeness (QED) is 0.656. The molecular formula is C16H27N3O3. The van der Waals surface area contributed by atoms with Crippen LogP contribution in [-0.2, 0) is 9.47 Å². The van der Waals surface area contributed by atoms with Gasteiger partial charge in [-0.15, -0.1) is 0 Å². The summed E-state index contributed by atoms with van der Waals surface area (Å²) in [5.74, 6) is 0. The van der Waals surface area contributed by atoms with Crippen molar-refractivity contribution in [2.24, 2.45) is 0 Å². The van der Waals surface area contributed by atoms with E-state index >= 15 is 0 Å². The Morgan fingerprint density at radius 1 is 1.09 bits per heavy atom. The fourth-order valence-electron chi connectivity index (χ4n) is 2.57. The second-order valence-electron chi connectivity index (χ2n) is 5.66. The lowest BCUT2D eigenvalue weighted by Gasteiger charge is -2.26. The maximum Gasteiger partial charge on any atom is 0.419 e. The number of morpholine rings is 1. The van der Waals surface area contributed by atoms with Gasteiger partial charge in [-0.3, -0.25) is 4.90 Å². The first-order valence-electron chi connectivity index (χ1n) is 8.31. The molecule has 2 heterocycles. The summed E-state index contributed by atoms with van der Waals surface area (Å²) in [6.45, 7) is 5.64. The lowest BCUT2D eigenvalue weighted by atomic mass is 10.1. The molecule has 1 aliphatic heterocycles. The fourth-order valence-corrected chi connectivity index (χ4v) is 2.57. The number of nitrogens with zero attached hydrogens (tertiary/aromatic N) is 3. The Balaban J connectivity index is 1.36. The Bertz CT molecular complexity index is 403. The third kappa shape index (κ3) is 6.58. The smallest absolute Gasteiger partial charge is 0.419 e. The van der Waals surface area contributed by atoms with E-state index in [9.17, 15) is 4.79 Å². The van der Waals surface area contributed by atoms with Crippen LogP contribution in [0.5, 0.6) is 0 Å². The maximum atomic E-state index is 11.5. The summed E-state index contributed by atoms with van der Waals surface area (Å²) in [6.07, 6.45) is 11.4. The van der Waals surface area contributed by atoms with Crippen molar-refractivity contribution in [2.75, 3.05) is 39.5 Å². The van der Waals surface area contributed by atoms with Gasteiger partial charge in [0, 0.05) is 25.5 Å². The molecule has 0 saturated carbocycles. The average Bonchev–Trinajstić information content (AvgIpc) is 3.08. The molecule has 0 radical (unpaired) electrons. The molecule has 124 valence electrons. The minimum absolute atomic E-state index is 0.344. The molecular weight excluding hydrogens is 282 g/mol. The van der Waals surface area contributed by atoms with Gasteiger partial charge in [-0.05, 0) is 19.4 Å². The van der Waals surface area contributed by atoms with Crippen LogP contribution < -0.4 is 0 Å². The van der Waals surface area contributed by atoms with Crippen molar-refractivity contribution < 1.29 is 14.3 Å². The number of rotatable bonds is 9. The Labute approximate surface area is 132 Å². The largest absolute Gasteiger partial charge is 0.449 e. The van der Waals surface area contributed by atoms with E-state index in [1.807, 2.05) is 0 Å². The summed E-state index contributed by atoms with van der Waals surface area (Å²) in [5.41, 5.74) is 0. The molecule has 0 aliphatic carbocycles. The number of carbonyl (C=O) groups excluding carboxylic acids is 1. The SMILES string of the molecule is O=C(OCCCCCCCCN1CCOCC1)n1ccnc1. The first kappa shape index (κ1) is 17.0. The van der Waals surface area contributed by atoms with E-state index in [1.54, 1.807) is 12.4 Å². The number of unbranched alkanes of at least 4 members (excludes halogenated alkanes) is 5. The van der Waals surface area contributed by atoms with Gasteiger partial charge < -0.3 is 9.47 Å². The van der Waals surface area contributed by atoms with Crippen molar-refractivity contribution in [1.82, 2.24) is 14.5 Å². The molecule has 0 unspecified atom stereocenters. The summed E-state index contributed by atoms with van der Waals surface area (Å²) >= 11 is 0. The molecule has 0 N–H and O–H groups in total. The first-order chi connectivity index (χ1) is 10.9. The van der Waals surface area contributed by atoms with Crippen LogP contribution in [0.3, 0.4) is 0 Å². The van der Waals surface area contributed by atoms with Gasteiger partial charge in [-0.25, -0.2) is 14.3 Å². The molecule has 1 fully saturated rings. The second kappa shape index (κ2) is 10.3. The number of ether oxygens (including phenoxy) is 2. The van der Waals surface area contributed by atoms with E-state index in [0.29, 0.717) is 6.61 Å². The molecule has 0 amide bonds. The van der Waals surface area contributed by atoms with E-state index < -0.39 is 0 Å². The molecule has 2 rings (SSSR count). The van der Waals surface area contributed by atoms with E-state index in [4.69, 9.17) is 9.47 Å². The Morgan fingerprint density at radius 2 is 1.82 bits per heavy atom. The maximum absolute atomic E-state index is 11.5. The highest BCUT2D eigenvalue weighted by Gasteiger charge is 2.08. The minimum atomic E-state index is -0.344. The molecule has 1 aliphatic rings. The predicted molar refractivity (Wildman–Crippen MR) is 83.9 cm³/mol. The minimum Gasteiger partial charge on any atom is -0.449 e. The Hall–Kier alpha value is -1.40. The third-order valence-corrected chi connectivity index (χ3v) is 3.91. The van der Waals surface area contributed by atoms with Crippen LogP contribution in [0, 0.1) is 0 Å². The van der Waals surface area contributed by atoms with E-state index in [-0.39, 0.29) is 6.09 Å². The van der Waals surface area contributed by atoms with Gasteiger partial charge in [0.1, 0.15) is 6.33 Å².